The molecule has 2 heterocycles. The van der Waals surface area contributed by atoms with Crippen LogP contribution >= 0.6 is 0 Å². The van der Waals surface area contributed by atoms with Crippen molar-refractivity contribution < 1.29 is 24.0 Å². The highest BCUT2D eigenvalue weighted by Gasteiger charge is 2.43. The van der Waals surface area contributed by atoms with Crippen LogP contribution in [0.15, 0.2) is 28.8 Å². The molecule has 1 amide bonds. The Balaban J connectivity index is 1.58. The van der Waals surface area contributed by atoms with Crippen LogP contribution in [0, 0.1) is 0 Å². The van der Waals surface area contributed by atoms with Gasteiger partial charge in [0.05, 0.1) is 6.61 Å². The van der Waals surface area contributed by atoms with Crippen molar-refractivity contribution in [1.29, 1.82) is 0 Å². The van der Waals surface area contributed by atoms with Crippen molar-refractivity contribution in [3.05, 3.63) is 35.7 Å². The van der Waals surface area contributed by atoms with Gasteiger partial charge in [0.25, 0.3) is 0 Å². The zero-order chi connectivity index (χ0) is 19.4. The van der Waals surface area contributed by atoms with Gasteiger partial charge in [0.15, 0.2) is 5.54 Å². The average Bonchev–Trinajstić information content (AvgIpc) is 3.30. The molecule has 1 aromatic carbocycles. The van der Waals surface area contributed by atoms with Gasteiger partial charge in [0.1, 0.15) is 0 Å². The minimum absolute atomic E-state index is 0.0227. The van der Waals surface area contributed by atoms with E-state index in [2.05, 4.69) is 29.3 Å². The van der Waals surface area contributed by atoms with E-state index in [4.69, 9.17) is 9.26 Å². The number of hydrogen-bond donors (Lipinski definition) is 2. The maximum atomic E-state index is 12.1. The number of aromatic nitrogens is 2. The topological polar surface area (TPSA) is 115 Å². The Kier molecular flexibility index (Phi) is 5.55. The number of nitrogens with zero attached hydrogens (tertiary/aromatic N) is 2. The lowest BCUT2D eigenvalue weighted by atomic mass is 9.98. The predicted octanol–water partition coefficient (Wildman–Crippen LogP) is 2.15. The van der Waals surface area contributed by atoms with Crippen LogP contribution in [0.1, 0.15) is 44.1 Å². The number of carbonyl (C=O) groups excluding carboxylic acids is 1. The molecule has 0 radical (unpaired) electrons. The van der Waals surface area contributed by atoms with Crippen LogP contribution in [0.5, 0.6) is 0 Å². The van der Waals surface area contributed by atoms with E-state index in [0.29, 0.717) is 24.2 Å². The van der Waals surface area contributed by atoms with Crippen LogP contribution in [0.25, 0.3) is 11.4 Å². The SMILES string of the molecule is CC(C)c1ccc(-c2noc(CCC(=O)NC3(C(=O)O)CCOC3)n2)cc1. The normalized spacial score (nSPS) is 19.4. The Bertz CT molecular complexity index is 807. The summed E-state index contributed by atoms with van der Waals surface area (Å²) in [5.74, 6) is -0.230. The summed E-state index contributed by atoms with van der Waals surface area (Å²) < 4.78 is 10.3. The van der Waals surface area contributed by atoms with Gasteiger partial charge >= 0.3 is 5.97 Å². The highest BCUT2D eigenvalue weighted by Crippen LogP contribution is 2.21. The summed E-state index contributed by atoms with van der Waals surface area (Å²) in [6.45, 7) is 4.54. The number of hydrogen-bond acceptors (Lipinski definition) is 6. The Hall–Kier alpha value is -2.74. The van der Waals surface area contributed by atoms with Crippen LogP contribution in [-0.2, 0) is 20.7 Å². The molecule has 1 aromatic heterocycles. The Morgan fingerprint density at radius 2 is 2.04 bits per heavy atom. The smallest absolute Gasteiger partial charge is 0.331 e. The highest BCUT2D eigenvalue weighted by molar-refractivity contribution is 5.87. The zero-order valence-corrected chi connectivity index (χ0v) is 15.4. The molecule has 2 N–H and O–H groups in total. The van der Waals surface area contributed by atoms with Gasteiger partial charge in [0, 0.05) is 31.4 Å². The number of amides is 1. The molecule has 1 aliphatic heterocycles. The van der Waals surface area contributed by atoms with Gasteiger partial charge < -0.3 is 19.7 Å². The third-order valence-electron chi connectivity index (χ3n) is 4.68. The molecule has 2 aromatic rings. The van der Waals surface area contributed by atoms with Crippen molar-refractivity contribution >= 4 is 11.9 Å². The standard InChI is InChI=1S/C19H23N3O5/c1-12(2)13-3-5-14(6-4-13)17-20-16(27-22-17)8-7-15(23)21-19(18(24)25)9-10-26-11-19/h3-6,12H,7-11H2,1-2H3,(H,21,23)(H,24,25). The predicted molar refractivity (Wildman–Crippen MR) is 96.1 cm³/mol. The highest BCUT2D eigenvalue weighted by atomic mass is 16.5. The Morgan fingerprint density at radius 3 is 2.63 bits per heavy atom. The number of benzene rings is 1. The van der Waals surface area contributed by atoms with Crippen molar-refractivity contribution in [2.45, 2.75) is 44.6 Å². The van der Waals surface area contributed by atoms with Gasteiger partial charge in [0.2, 0.25) is 17.6 Å². The zero-order valence-electron chi connectivity index (χ0n) is 15.4. The van der Waals surface area contributed by atoms with E-state index < -0.39 is 11.5 Å². The molecule has 8 heteroatoms. The molecule has 27 heavy (non-hydrogen) atoms. The summed E-state index contributed by atoms with van der Waals surface area (Å²) in [5, 5.41) is 15.9. The minimum atomic E-state index is -1.34. The number of nitrogens with one attached hydrogen (secondary N) is 1. The third kappa shape index (κ3) is 4.33. The molecule has 1 atom stereocenters. The van der Waals surface area contributed by atoms with Crippen molar-refractivity contribution in [3.8, 4) is 11.4 Å². The first-order chi connectivity index (χ1) is 12.9. The van der Waals surface area contributed by atoms with E-state index in [-0.39, 0.29) is 31.8 Å². The molecule has 1 aliphatic rings. The lowest BCUT2D eigenvalue weighted by Crippen LogP contribution is -2.55. The molecular weight excluding hydrogens is 350 g/mol. The quantitative estimate of drug-likeness (QED) is 0.764. The first-order valence-corrected chi connectivity index (χ1v) is 8.95. The van der Waals surface area contributed by atoms with E-state index in [1.807, 2.05) is 24.3 Å². The van der Waals surface area contributed by atoms with Gasteiger partial charge in [-0.15, -0.1) is 0 Å². The lowest BCUT2D eigenvalue weighted by molar-refractivity contribution is -0.147. The monoisotopic (exact) mass is 373 g/mol. The molecule has 8 nitrogen and oxygen atoms in total. The number of carboxylic acids is 1. The fourth-order valence-corrected chi connectivity index (χ4v) is 2.93. The van der Waals surface area contributed by atoms with E-state index >= 15 is 0 Å². The summed E-state index contributed by atoms with van der Waals surface area (Å²) >= 11 is 0. The van der Waals surface area contributed by atoms with Crippen LogP contribution in [0.4, 0.5) is 0 Å². The number of aryl methyl sites for hydroxylation is 1. The minimum Gasteiger partial charge on any atom is -0.479 e. The lowest BCUT2D eigenvalue weighted by Gasteiger charge is -2.23. The molecule has 0 aliphatic carbocycles. The van der Waals surface area contributed by atoms with E-state index in [1.54, 1.807) is 0 Å². The largest absolute Gasteiger partial charge is 0.479 e. The molecule has 1 unspecified atom stereocenters. The van der Waals surface area contributed by atoms with Crippen molar-refractivity contribution in [3.63, 3.8) is 0 Å². The van der Waals surface area contributed by atoms with E-state index in [1.165, 1.54) is 5.56 Å². The van der Waals surface area contributed by atoms with Crippen LogP contribution in [0.3, 0.4) is 0 Å². The number of carbonyl (C=O) groups is 2. The van der Waals surface area contributed by atoms with Gasteiger partial charge in [-0.1, -0.05) is 43.3 Å². The van der Waals surface area contributed by atoms with Gasteiger partial charge in [-0.2, -0.15) is 4.98 Å². The molecule has 0 bridgehead atoms. The third-order valence-corrected chi connectivity index (χ3v) is 4.68. The summed E-state index contributed by atoms with van der Waals surface area (Å²) in [6.07, 6.45) is 0.549. The molecule has 0 spiro atoms. The maximum Gasteiger partial charge on any atom is 0.331 e. The Morgan fingerprint density at radius 1 is 1.30 bits per heavy atom. The van der Waals surface area contributed by atoms with Crippen molar-refractivity contribution in [1.82, 2.24) is 15.5 Å². The van der Waals surface area contributed by atoms with Gasteiger partial charge in [-0.25, -0.2) is 4.79 Å². The summed E-state index contributed by atoms with van der Waals surface area (Å²) in [6, 6.07) is 7.93. The van der Waals surface area contributed by atoms with Crippen molar-refractivity contribution in [2.24, 2.45) is 0 Å². The molecular formula is C19H23N3O5. The molecule has 1 saturated heterocycles. The fraction of sp³-hybridized carbons (Fsp3) is 0.474. The summed E-state index contributed by atoms with van der Waals surface area (Å²) in [5.41, 5.74) is 0.726. The molecule has 3 rings (SSSR count). The second-order valence-corrected chi connectivity index (χ2v) is 7.03. The molecule has 0 saturated carbocycles. The van der Waals surface area contributed by atoms with Gasteiger partial charge in [-0.3, -0.25) is 4.79 Å². The second-order valence-electron chi connectivity index (χ2n) is 7.03. The van der Waals surface area contributed by atoms with Crippen LogP contribution in [0.2, 0.25) is 0 Å². The average molecular weight is 373 g/mol. The van der Waals surface area contributed by atoms with Gasteiger partial charge in [-0.05, 0) is 11.5 Å². The van der Waals surface area contributed by atoms with Crippen molar-refractivity contribution in [2.75, 3.05) is 13.2 Å². The van der Waals surface area contributed by atoms with E-state index in [9.17, 15) is 14.7 Å². The number of aliphatic carboxylic acids is 1. The molecule has 1 fully saturated rings. The Labute approximate surface area is 156 Å². The number of carboxylic acid groups (broad SMARTS) is 1. The van der Waals surface area contributed by atoms with Crippen LogP contribution in [-0.4, -0.2) is 45.9 Å². The second kappa shape index (κ2) is 7.87. The van der Waals surface area contributed by atoms with Crippen LogP contribution < -0.4 is 5.32 Å². The van der Waals surface area contributed by atoms with E-state index in [0.717, 1.165) is 5.56 Å². The number of ether oxygens (including phenoxy) is 1. The first kappa shape index (κ1) is 19.0. The maximum absolute atomic E-state index is 12.1. The first-order valence-electron chi connectivity index (χ1n) is 8.95. The summed E-state index contributed by atoms with van der Waals surface area (Å²) in [7, 11) is 0. The number of rotatable bonds is 7. The fourth-order valence-electron chi connectivity index (χ4n) is 2.93. The summed E-state index contributed by atoms with van der Waals surface area (Å²) in [4.78, 5) is 27.9. The molecule has 144 valence electrons.